The molecule has 5 heteroatoms. The normalized spacial score (nSPS) is 15.4. The van der Waals surface area contributed by atoms with Crippen LogP contribution in [0.25, 0.3) is 0 Å². The van der Waals surface area contributed by atoms with Crippen molar-refractivity contribution in [2.45, 2.75) is 33.4 Å². The number of hydrogen-bond acceptors (Lipinski definition) is 5. The van der Waals surface area contributed by atoms with E-state index in [0.717, 1.165) is 47.0 Å². The van der Waals surface area contributed by atoms with Crippen LogP contribution in [0.5, 0.6) is 0 Å². The first kappa shape index (κ1) is 20.2. The summed E-state index contributed by atoms with van der Waals surface area (Å²) in [6.45, 7) is 11.3. The van der Waals surface area contributed by atoms with Gasteiger partial charge in [0.1, 0.15) is 12.0 Å². The molecule has 5 nitrogen and oxygen atoms in total. The quantitative estimate of drug-likeness (QED) is 0.628. The predicted molar refractivity (Wildman–Crippen MR) is 120 cm³/mol. The lowest BCUT2D eigenvalue weighted by Gasteiger charge is -2.27. The summed E-state index contributed by atoms with van der Waals surface area (Å²) < 4.78 is 0. The van der Waals surface area contributed by atoms with Gasteiger partial charge in [-0.1, -0.05) is 43.3 Å². The number of nitriles is 1. The molecule has 0 saturated heterocycles. The fourth-order valence-electron chi connectivity index (χ4n) is 3.24. The van der Waals surface area contributed by atoms with Crippen LogP contribution in [0.2, 0.25) is 0 Å². The van der Waals surface area contributed by atoms with Crippen LogP contribution in [0.15, 0.2) is 71.5 Å². The highest BCUT2D eigenvalue weighted by Gasteiger charge is 2.22. The largest absolute Gasteiger partial charge is 0.389 e. The van der Waals surface area contributed by atoms with E-state index in [0.29, 0.717) is 5.56 Å². The molecular formula is C24H27N5. The third-order valence-corrected chi connectivity index (χ3v) is 4.64. The first-order valence-electron chi connectivity index (χ1n) is 9.83. The third kappa shape index (κ3) is 5.05. The second kappa shape index (κ2) is 9.11. The zero-order valence-corrected chi connectivity index (χ0v) is 17.2. The fourth-order valence-corrected chi connectivity index (χ4v) is 3.24. The van der Waals surface area contributed by atoms with Gasteiger partial charge in [-0.25, -0.2) is 4.99 Å². The van der Waals surface area contributed by atoms with Crippen LogP contribution in [0.4, 0.5) is 5.69 Å². The summed E-state index contributed by atoms with van der Waals surface area (Å²) in [6, 6.07) is 16.1. The molecule has 0 amide bonds. The van der Waals surface area contributed by atoms with E-state index in [-0.39, 0.29) is 6.17 Å². The SMILES string of the molecule is C=C(/C=C(/C)NCCC)NC1=NC(c2cccc(C)c2)Nc2cc(C#N)ccc21. The number of aryl methyl sites for hydroxylation is 1. The molecule has 0 aromatic heterocycles. The van der Waals surface area contributed by atoms with Gasteiger partial charge in [-0.15, -0.1) is 0 Å². The minimum atomic E-state index is -0.241. The Bertz CT molecular complexity index is 1010. The van der Waals surface area contributed by atoms with E-state index in [2.05, 4.69) is 60.6 Å². The van der Waals surface area contributed by atoms with Crippen molar-refractivity contribution in [1.29, 1.82) is 5.26 Å². The van der Waals surface area contributed by atoms with Gasteiger partial charge < -0.3 is 16.0 Å². The highest BCUT2D eigenvalue weighted by atomic mass is 15.2. The monoisotopic (exact) mass is 385 g/mol. The Hall–Kier alpha value is -3.52. The molecule has 0 saturated carbocycles. The maximum atomic E-state index is 9.29. The lowest BCUT2D eigenvalue weighted by Crippen LogP contribution is -2.30. The van der Waals surface area contributed by atoms with Crippen LogP contribution in [0.3, 0.4) is 0 Å². The van der Waals surface area contributed by atoms with Crippen LogP contribution in [0.1, 0.15) is 48.7 Å². The van der Waals surface area contributed by atoms with Crippen molar-refractivity contribution in [2.24, 2.45) is 4.99 Å². The van der Waals surface area contributed by atoms with Gasteiger partial charge in [0.15, 0.2) is 0 Å². The number of benzene rings is 2. The number of amidine groups is 1. The molecule has 3 N–H and O–H groups in total. The number of anilines is 1. The number of hydrogen-bond donors (Lipinski definition) is 3. The lowest BCUT2D eigenvalue weighted by atomic mass is 10.0. The average molecular weight is 386 g/mol. The zero-order valence-electron chi connectivity index (χ0n) is 17.2. The van der Waals surface area contributed by atoms with E-state index >= 15 is 0 Å². The highest BCUT2D eigenvalue weighted by Crippen LogP contribution is 2.30. The van der Waals surface area contributed by atoms with E-state index in [1.165, 1.54) is 5.56 Å². The highest BCUT2D eigenvalue weighted by molar-refractivity contribution is 6.06. The summed E-state index contributed by atoms with van der Waals surface area (Å²) in [7, 11) is 0. The van der Waals surface area contributed by atoms with Gasteiger partial charge in [-0.2, -0.15) is 5.26 Å². The molecule has 0 bridgehead atoms. The summed E-state index contributed by atoms with van der Waals surface area (Å²) in [5, 5.41) is 19.4. The summed E-state index contributed by atoms with van der Waals surface area (Å²) in [6.07, 6.45) is 2.80. The van der Waals surface area contributed by atoms with E-state index in [9.17, 15) is 5.26 Å². The second-order valence-electron chi connectivity index (χ2n) is 7.22. The van der Waals surface area contributed by atoms with Crippen molar-refractivity contribution < 1.29 is 0 Å². The van der Waals surface area contributed by atoms with E-state index in [1.54, 1.807) is 6.07 Å². The van der Waals surface area contributed by atoms with Gasteiger partial charge >= 0.3 is 0 Å². The molecule has 1 unspecified atom stereocenters. The molecular weight excluding hydrogens is 358 g/mol. The van der Waals surface area contributed by atoms with E-state index in [4.69, 9.17) is 4.99 Å². The minimum absolute atomic E-state index is 0.241. The molecule has 2 aromatic rings. The van der Waals surface area contributed by atoms with Gasteiger partial charge in [0.05, 0.1) is 11.6 Å². The Labute approximate surface area is 172 Å². The summed E-state index contributed by atoms with van der Waals surface area (Å²) in [5.41, 5.74) is 6.46. The van der Waals surface area contributed by atoms with Crippen molar-refractivity contribution in [3.63, 3.8) is 0 Å². The minimum Gasteiger partial charge on any atom is -0.389 e. The number of allylic oxidation sites excluding steroid dienone is 2. The van der Waals surface area contributed by atoms with Gasteiger partial charge in [0.25, 0.3) is 0 Å². The summed E-state index contributed by atoms with van der Waals surface area (Å²) in [5.74, 6) is 0.735. The number of rotatable bonds is 6. The van der Waals surface area contributed by atoms with Crippen molar-refractivity contribution in [3.8, 4) is 6.07 Å². The molecule has 0 radical (unpaired) electrons. The molecule has 1 aliphatic heterocycles. The maximum Gasteiger partial charge on any atom is 0.147 e. The molecule has 1 atom stereocenters. The predicted octanol–water partition coefficient (Wildman–Crippen LogP) is 4.74. The van der Waals surface area contributed by atoms with Gasteiger partial charge in [-0.05, 0) is 50.1 Å². The van der Waals surface area contributed by atoms with Crippen molar-refractivity contribution in [3.05, 3.63) is 88.8 Å². The first-order chi connectivity index (χ1) is 14.0. The molecule has 2 aromatic carbocycles. The Balaban J connectivity index is 1.93. The van der Waals surface area contributed by atoms with Crippen molar-refractivity contribution >= 4 is 11.5 Å². The van der Waals surface area contributed by atoms with Crippen LogP contribution < -0.4 is 16.0 Å². The van der Waals surface area contributed by atoms with Gasteiger partial charge in [0.2, 0.25) is 0 Å². The van der Waals surface area contributed by atoms with Crippen LogP contribution in [0, 0.1) is 18.3 Å². The number of aliphatic imine (C=N–C) groups is 1. The Kier molecular flexibility index (Phi) is 6.36. The molecule has 29 heavy (non-hydrogen) atoms. The summed E-state index contributed by atoms with van der Waals surface area (Å²) >= 11 is 0. The molecule has 0 spiro atoms. The Morgan fingerprint density at radius 3 is 2.86 bits per heavy atom. The fraction of sp³-hybridized carbons (Fsp3) is 0.250. The summed E-state index contributed by atoms with van der Waals surface area (Å²) in [4.78, 5) is 4.90. The number of nitrogens with one attached hydrogen (secondary N) is 3. The molecule has 1 aliphatic rings. The van der Waals surface area contributed by atoms with Crippen molar-refractivity contribution in [1.82, 2.24) is 10.6 Å². The average Bonchev–Trinajstić information content (AvgIpc) is 2.71. The zero-order chi connectivity index (χ0) is 20.8. The molecule has 3 rings (SSSR count). The van der Waals surface area contributed by atoms with Gasteiger partial charge in [0, 0.05) is 29.2 Å². The maximum absolute atomic E-state index is 9.29. The van der Waals surface area contributed by atoms with Crippen LogP contribution in [-0.4, -0.2) is 12.4 Å². The number of fused-ring (bicyclic) bond motifs is 1. The van der Waals surface area contributed by atoms with E-state index in [1.807, 2.05) is 31.2 Å². The lowest BCUT2D eigenvalue weighted by molar-refractivity contribution is 0.767. The third-order valence-electron chi connectivity index (χ3n) is 4.64. The standard InChI is InChI=1S/C24H27N5/c1-5-11-26-17(3)13-18(4)27-24-21-10-9-19(15-25)14-22(21)28-23(29-24)20-8-6-7-16(2)12-20/h6-10,12-14,23,26,28H,4-5,11H2,1-3H3,(H,27,29)/b17-13-. The molecule has 0 fully saturated rings. The van der Waals surface area contributed by atoms with Crippen molar-refractivity contribution in [2.75, 3.05) is 11.9 Å². The van der Waals surface area contributed by atoms with Crippen LogP contribution in [-0.2, 0) is 0 Å². The van der Waals surface area contributed by atoms with Gasteiger partial charge in [-0.3, -0.25) is 0 Å². The Morgan fingerprint density at radius 2 is 2.14 bits per heavy atom. The topological polar surface area (TPSA) is 72.2 Å². The number of nitrogens with zero attached hydrogens (tertiary/aromatic N) is 2. The smallest absolute Gasteiger partial charge is 0.147 e. The Morgan fingerprint density at radius 1 is 1.31 bits per heavy atom. The molecule has 1 heterocycles. The second-order valence-corrected chi connectivity index (χ2v) is 7.22. The first-order valence-corrected chi connectivity index (χ1v) is 9.83. The van der Waals surface area contributed by atoms with Crippen LogP contribution >= 0.6 is 0 Å². The molecule has 0 aliphatic carbocycles. The molecule has 148 valence electrons. The van der Waals surface area contributed by atoms with E-state index < -0.39 is 0 Å².